The van der Waals surface area contributed by atoms with Gasteiger partial charge in [0.15, 0.2) is 0 Å². The third-order valence-corrected chi connectivity index (χ3v) is 6.07. The molecule has 0 saturated heterocycles. The van der Waals surface area contributed by atoms with E-state index in [-0.39, 0.29) is 30.0 Å². The Kier molecular flexibility index (Phi) is 10.2. The van der Waals surface area contributed by atoms with Crippen molar-refractivity contribution in [3.63, 3.8) is 0 Å². The summed E-state index contributed by atoms with van der Waals surface area (Å²) in [7, 11) is 0. The minimum Gasteiger partial charge on any atom is -0.433 e. The lowest BCUT2D eigenvalue weighted by atomic mass is 9.69. The number of anilines is 1. The fourth-order valence-electron chi connectivity index (χ4n) is 4.45. The normalized spacial score (nSPS) is 13.9. The SMILES string of the molecule is C=C/C=C(\C=C)CC(CNc1cccc(OC(F)(F)F)c1)(c1cccc(OC(C)(F)F)c1)c1cccc(OC(F)(F)F)c1. The summed E-state index contributed by atoms with van der Waals surface area (Å²) in [5.74, 6) is -1.29. The first-order valence-corrected chi connectivity index (χ1v) is 12.6. The summed E-state index contributed by atoms with van der Waals surface area (Å²) >= 11 is 0. The Balaban J connectivity index is 2.24. The van der Waals surface area contributed by atoms with Crippen LogP contribution in [0.3, 0.4) is 0 Å². The van der Waals surface area contributed by atoms with Gasteiger partial charge in [0.05, 0.1) is 0 Å². The van der Waals surface area contributed by atoms with E-state index in [9.17, 15) is 35.1 Å². The number of rotatable bonds is 13. The lowest BCUT2D eigenvalue weighted by Crippen LogP contribution is -2.36. The van der Waals surface area contributed by atoms with Crippen LogP contribution in [0, 0.1) is 0 Å². The fraction of sp³-hybridized carbons (Fsp3) is 0.226. The van der Waals surface area contributed by atoms with Gasteiger partial charge in [-0.3, -0.25) is 0 Å². The molecule has 0 fully saturated rings. The molecule has 3 rings (SSSR count). The average molecular weight is 614 g/mol. The van der Waals surface area contributed by atoms with Crippen molar-refractivity contribution < 1.29 is 49.3 Å². The highest BCUT2D eigenvalue weighted by Gasteiger charge is 2.38. The maximum Gasteiger partial charge on any atom is 0.573 e. The molecule has 0 aliphatic carbocycles. The highest BCUT2D eigenvalue weighted by Crippen LogP contribution is 2.42. The second-order valence-electron chi connectivity index (χ2n) is 9.38. The third-order valence-electron chi connectivity index (χ3n) is 6.07. The number of nitrogens with one attached hydrogen (secondary N) is 1. The Labute approximate surface area is 242 Å². The van der Waals surface area contributed by atoms with E-state index in [0.29, 0.717) is 18.1 Å². The van der Waals surface area contributed by atoms with Crippen LogP contribution in [0.1, 0.15) is 24.5 Å². The van der Waals surface area contributed by atoms with Crippen LogP contribution in [-0.2, 0) is 5.41 Å². The van der Waals surface area contributed by atoms with Crippen molar-refractivity contribution in [2.45, 2.75) is 37.6 Å². The van der Waals surface area contributed by atoms with E-state index >= 15 is 0 Å². The number of ether oxygens (including phenoxy) is 3. The van der Waals surface area contributed by atoms with Gasteiger partial charge in [0.25, 0.3) is 0 Å². The minimum absolute atomic E-state index is 0.0235. The zero-order chi connectivity index (χ0) is 31.9. The second kappa shape index (κ2) is 13.2. The molecule has 0 aromatic heterocycles. The molecule has 0 saturated carbocycles. The van der Waals surface area contributed by atoms with Crippen LogP contribution in [0.15, 0.2) is 110 Å². The zero-order valence-electron chi connectivity index (χ0n) is 22.7. The van der Waals surface area contributed by atoms with Crippen molar-refractivity contribution in [3.05, 3.63) is 121 Å². The van der Waals surface area contributed by atoms with Crippen molar-refractivity contribution in [2.24, 2.45) is 0 Å². The number of benzene rings is 3. The summed E-state index contributed by atoms with van der Waals surface area (Å²) in [6, 6.07) is 15.6. The van der Waals surface area contributed by atoms with Gasteiger partial charge in [-0.2, -0.15) is 8.78 Å². The van der Waals surface area contributed by atoms with Crippen LogP contribution < -0.4 is 19.5 Å². The largest absolute Gasteiger partial charge is 0.573 e. The smallest absolute Gasteiger partial charge is 0.433 e. The maximum atomic E-state index is 13.8. The van der Waals surface area contributed by atoms with Crippen LogP contribution in [0.2, 0.25) is 0 Å². The topological polar surface area (TPSA) is 39.7 Å². The van der Waals surface area contributed by atoms with E-state index in [1.54, 1.807) is 12.1 Å². The number of halogens is 8. The van der Waals surface area contributed by atoms with E-state index < -0.39 is 35.7 Å². The minimum atomic E-state index is -5.01. The Hall–Kier alpha value is -4.48. The highest BCUT2D eigenvalue weighted by molar-refractivity contribution is 5.53. The summed E-state index contributed by atoms with van der Waals surface area (Å²) in [6.07, 6.45) is -8.91. The molecule has 0 bridgehead atoms. The first-order valence-electron chi connectivity index (χ1n) is 12.6. The maximum absolute atomic E-state index is 13.8. The summed E-state index contributed by atoms with van der Waals surface area (Å²) in [6.45, 7) is 7.85. The van der Waals surface area contributed by atoms with Gasteiger partial charge in [0.1, 0.15) is 17.2 Å². The van der Waals surface area contributed by atoms with Crippen molar-refractivity contribution >= 4 is 5.69 Å². The Morgan fingerprint density at radius 3 is 1.67 bits per heavy atom. The van der Waals surface area contributed by atoms with Gasteiger partial charge >= 0.3 is 18.8 Å². The molecule has 3 aromatic rings. The quantitative estimate of drug-likeness (QED) is 0.154. The summed E-state index contributed by atoms with van der Waals surface area (Å²) < 4.78 is 118. The predicted molar refractivity (Wildman–Crippen MR) is 146 cm³/mol. The molecule has 1 unspecified atom stereocenters. The molecule has 1 N–H and O–H groups in total. The van der Waals surface area contributed by atoms with Crippen LogP contribution in [0.4, 0.5) is 40.8 Å². The first-order chi connectivity index (χ1) is 20.0. The second-order valence-corrected chi connectivity index (χ2v) is 9.38. The van der Waals surface area contributed by atoms with Crippen LogP contribution in [-0.4, -0.2) is 25.4 Å². The van der Waals surface area contributed by atoms with Crippen molar-refractivity contribution in [1.82, 2.24) is 0 Å². The van der Waals surface area contributed by atoms with Crippen LogP contribution in [0.25, 0.3) is 0 Å². The van der Waals surface area contributed by atoms with Gasteiger partial charge in [-0.1, -0.05) is 61.7 Å². The molecule has 0 spiro atoms. The molecule has 1 atom stereocenters. The van der Waals surface area contributed by atoms with Gasteiger partial charge in [-0.15, -0.1) is 26.3 Å². The summed E-state index contributed by atoms with van der Waals surface area (Å²) in [5.41, 5.74) is -0.0569. The first kappa shape index (κ1) is 33.0. The van der Waals surface area contributed by atoms with Crippen LogP contribution in [0.5, 0.6) is 17.2 Å². The summed E-state index contributed by atoms with van der Waals surface area (Å²) in [5, 5.41) is 3.03. The number of alkyl halides is 8. The van der Waals surface area contributed by atoms with Gasteiger partial charge in [0, 0.05) is 30.6 Å². The van der Waals surface area contributed by atoms with Crippen molar-refractivity contribution in [3.8, 4) is 17.2 Å². The molecule has 12 heteroatoms. The van der Waals surface area contributed by atoms with Crippen LogP contribution >= 0.6 is 0 Å². The molecule has 230 valence electrons. The molecule has 0 radical (unpaired) electrons. The molecule has 4 nitrogen and oxygen atoms in total. The third kappa shape index (κ3) is 10.1. The molecule has 0 aliphatic heterocycles. The fourth-order valence-corrected chi connectivity index (χ4v) is 4.45. The molecule has 3 aromatic carbocycles. The number of hydrogen-bond donors (Lipinski definition) is 1. The van der Waals surface area contributed by atoms with E-state index in [2.05, 4.69) is 27.9 Å². The standard InChI is InChI=1S/C31H27F8NO3/c1-4-9-21(5-2)19-29(22-10-6-13-25(16-22)41-28(3,32)33,23-11-7-14-26(17-23)42-30(34,35)36)20-40-24-12-8-15-27(18-24)43-31(37,38)39/h4-18,40H,1-2,19-20H2,3H3/b21-9+. The average Bonchev–Trinajstić information content (AvgIpc) is 2.88. The molecule has 0 aliphatic rings. The van der Waals surface area contributed by atoms with E-state index in [1.165, 1.54) is 54.6 Å². The number of allylic oxidation sites excluding steroid dienone is 4. The predicted octanol–water partition coefficient (Wildman–Crippen LogP) is 9.56. The Morgan fingerprint density at radius 1 is 0.721 bits per heavy atom. The van der Waals surface area contributed by atoms with Gasteiger partial charge in [-0.05, 0) is 59.5 Å². The van der Waals surface area contributed by atoms with E-state index in [1.807, 2.05) is 0 Å². The lowest BCUT2D eigenvalue weighted by Gasteiger charge is -2.37. The Bertz CT molecular complexity index is 1380. The van der Waals surface area contributed by atoms with Gasteiger partial charge in [-0.25, -0.2) is 0 Å². The molecule has 43 heavy (non-hydrogen) atoms. The molecular formula is C31H27F8NO3. The monoisotopic (exact) mass is 613 g/mol. The van der Waals surface area contributed by atoms with Gasteiger partial charge < -0.3 is 19.5 Å². The van der Waals surface area contributed by atoms with Gasteiger partial charge in [0.2, 0.25) is 0 Å². The highest BCUT2D eigenvalue weighted by atomic mass is 19.4. The number of hydrogen-bond acceptors (Lipinski definition) is 4. The van der Waals surface area contributed by atoms with Crippen molar-refractivity contribution in [2.75, 3.05) is 11.9 Å². The van der Waals surface area contributed by atoms with Crippen molar-refractivity contribution in [1.29, 1.82) is 0 Å². The van der Waals surface area contributed by atoms with E-state index in [4.69, 9.17) is 4.74 Å². The lowest BCUT2D eigenvalue weighted by molar-refractivity contribution is -0.275. The summed E-state index contributed by atoms with van der Waals surface area (Å²) in [4.78, 5) is 0. The molecule has 0 amide bonds. The zero-order valence-corrected chi connectivity index (χ0v) is 22.7. The molecule has 0 heterocycles. The van der Waals surface area contributed by atoms with E-state index in [0.717, 1.165) is 24.3 Å². The molecular weight excluding hydrogens is 586 g/mol. The Morgan fingerprint density at radius 2 is 1.21 bits per heavy atom.